The molecule has 1 saturated carbocycles. The minimum Gasteiger partial charge on any atom is -0.378 e. The summed E-state index contributed by atoms with van der Waals surface area (Å²) in [6.45, 7) is 7.64. The number of rotatable bonds is 5. The van der Waals surface area contributed by atoms with Crippen molar-refractivity contribution in [3.05, 3.63) is 24.3 Å². The van der Waals surface area contributed by atoms with Crippen LogP contribution in [0.3, 0.4) is 0 Å². The third kappa shape index (κ3) is 4.95. The number of benzene rings is 1. The molecule has 2 aliphatic rings. The number of hydrogen-bond donors (Lipinski definition) is 2. The molecule has 2 N–H and O–H groups in total. The van der Waals surface area contributed by atoms with Crippen LogP contribution in [0.15, 0.2) is 24.3 Å². The molecule has 2 fully saturated rings. The monoisotopic (exact) mass is 345 g/mol. The average Bonchev–Trinajstić information content (AvgIpc) is 2.65. The number of ether oxygens (including phenoxy) is 1. The number of amides is 1. The van der Waals surface area contributed by atoms with Crippen molar-refractivity contribution in [2.45, 2.75) is 51.6 Å². The molecule has 0 spiro atoms. The Bertz CT molecular complexity index is 555. The van der Waals surface area contributed by atoms with Gasteiger partial charge in [0.1, 0.15) is 0 Å². The van der Waals surface area contributed by atoms with Crippen LogP contribution in [0.2, 0.25) is 0 Å². The molecule has 0 bridgehead atoms. The van der Waals surface area contributed by atoms with E-state index < -0.39 is 0 Å². The van der Waals surface area contributed by atoms with Crippen molar-refractivity contribution in [3.63, 3.8) is 0 Å². The molecule has 138 valence electrons. The summed E-state index contributed by atoms with van der Waals surface area (Å²) in [5.74, 6) is 0.689. The number of morpholine rings is 1. The number of anilines is 2. The Morgan fingerprint density at radius 2 is 1.84 bits per heavy atom. The van der Waals surface area contributed by atoms with Crippen LogP contribution < -0.4 is 15.5 Å². The highest BCUT2D eigenvalue weighted by Gasteiger charge is 2.24. The molecule has 1 aromatic rings. The molecular weight excluding hydrogens is 314 g/mol. The zero-order chi connectivity index (χ0) is 17.6. The van der Waals surface area contributed by atoms with Crippen LogP contribution in [-0.4, -0.2) is 44.3 Å². The van der Waals surface area contributed by atoms with E-state index in [1.165, 1.54) is 31.4 Å². The van der Waals surface area contributed by atoms with Crippen molar-refractivity contribution in [1.29, 1.82) is 0 Å². The van der Waals surface area contributed by atoms with Gasteiger partial charge in [0, 0.05) is 30.5 Å². The van der Waals surface area contributed by atoms with Crippen molar-refractivity contribution in [3.8, 4) is 0 Å². The van der Waals surface area contributed by atoms with E-state index in [-0.39, 0.29) is 11.9 Å². The van der Waals surface area contributed by atoms with E-state index in [0.717, 1.165) is 32.0 Å². The molecule has 3 atom stereocenters. The first-order valence-electron chi connectivity index (χ1n) is 9.63. The molecule has 1 aliphatic carbocycles. The Balaban J connectivity index is 1.51. The second kappa shape index (κ2) is 8.68. The Morgan fingerprint density at radius 3 is 2.52 bits per heavy atom. The maximum atomic E-state index is 12.5. The largest absolute Gasteiger partial charge is 0.378 e. The van der Waals surface area contributed by atoms with Crippen LogP contribution >= 0.6 is 0 Å². The predicted octanol–water partition coefficient (Wildman–Crippen LogP) is 3.02. The van der Waals surface area contributed by atoms with Gasteiger partial charge in [-0.3, -0.25) is 4.79 Å². The second-order valence-corrected chi connectivity index (χ2v) is 7.39. The molecule has 1 aliphatic heterocycles. The lowest BCUT2D eigenvalue weighted by molar-refractivity contribution is -0.118. The fraction of sp³-hybridized carbons (Fsp3) is 0.650. The van der Waals surface area contributed by atoms with Gasteiger partial charge in [-0.1, -0.05) is 19.8 Å². The molecule has 5 nitrogen and oxygen atoms in total. The van der Waals surface area contributed by atoms with E-state index >= 15 is 0 Å². The Morgan fingerprint density at radius 1 is 1.16 bits per heavy atom. The molecule has 3 unspecified atom stereocenters. The highest BCUT2D eigenvalue weighted by Crippen LogP contribution is 2.24. The fourth-order valence-corrected chi connectivity index (χ4v) is 3.79. The summed E-state index contributed by atoms with van der Waals surface area (Å²) in [7, 11) is 0. The van der Waals surface area contributed by atoms with Gasteiger partial charge in [-0.05, 0) is 49.9 Å². The van der Waals surface area contributed by atoms with E-state index in [1.54, 1.807) is 0 Å². The highest BCUT2D eigenvalue weighted by molar-refractivity contribution is 5.94. The molecule has 5 heteroatoms. The molecular formula is C20H31N3O2. The topological polar surface area (TPSA) is 53.6 Å². The summed E-state index contributed by atoms with van der Waals surface area (Å²) in [6, 6.07) is 8.39. The first kappa shape index (κ1) is 18.2. The van der Waals surface area contributed by atoms with Crippen molar-refractivity contribution < 1.29 is 9.53 Å². The Hall–Kier alpha value is -1.59. The summed E-state index contributed by atoms with van der Waals surface area (Å²) >= 11 is 0. The number of nitrogens with one attached hydrogen (secondary N) is 2. The van der Waals surface area contributed by atoms with Gasteiger partial charge >= 0.3 is 0 Å². The normalized spacial score (nSPS) is 25.4. The zero-order valence-corrected chi connectivity index (χ0v) is 15.5. The van der Waals surface area contributed by atoms with Crippen LogP contribution in [0, 0.1) is 5.92 Å². The molecule has 1 amide bonds. The summed E-state index contributed by atoms with van der Waals surface area (Å²) in [6.07, 6.45) is 5.01. The quantitative estimate of drug-likeness (QED) is 0.861. The number of hydrogen-bond acceptors (Lipinski definition) is 4. The van der Waals surface area contributed by atoms with E-state index in [1.807, 2.05) is 19.1 Å². The van der Waals surface area contributed by atoms with E-state index in [9.17, 15) is 4.79 Å². The first-order valence-corrected chi connectivity index (χ1v) is 9.63. The highest BCUT2D eigenvalue weighted by atomic mass is 16.5. The lowest BCUT2D eigenvalue weighted by Gasteiger charge is -2.31. The SMILES string of the molecule is CC(NC1CCCCC1C)C(=O)Nc1ccc(N2CCOCC2)cc1. The molecule has 0 aromatic heterocycles. The van der Waals surface area contributed by atoms with Gasteiger partial charge < -0.3 is 20.3 Å². The third-order valence-corrected chi connectivity index (χ3v) is 5.48. The first-order chi connectivity index (χ1) is 12.1. The minimum absolute atomic E-state index is 0.0388. The van der Waals surface area contributed by atoms with Gasteiger partial charge in [-0.2, -0.15) is 0 Å². The molecule has 1 saturated heterocycles. The lowest BCUT2D eigenvalue weighted by Crippen LogP contribution is -2.47. The smallest absolute Gasteiger partial charge is 0.241 e. The van der Waals surface area contributed by atoms with Gasteiger partial charge in [-0.15, -0.1) is 0 Å². The van der Waals surface area contributed by atoms with Crippen molar-refractivity contribution in [2.75, 3.05) is 36.5 Å². The fourth-order valence-electron chi connectivity index (χ4n) is 3.79. The van der Waals surface area contributed by atoms with E-state index in [2.05, 4.69) is 34.6 Å². The summed E-state index contributed by atoms with van der Waals surface area (Å²) in [4.78, 5) is 14.8. The van der Waals surface area contributed by atoms with Gasteiger partial charge in [0.15, 0.2) is 0 Å². The third-order valence-electron chi connectivity index (χ3n) is 5.48. The summed E-state index contributed by atoms with van der Waals surface area (Å²) in [5.41, 5.74) is 2.04. The predicted molar refractivity (Wildman–Crippen MR) is 102 cm³/mol. The van der Waals surface area contributed by atoms with Crippen LogP contribution in [-0.2, 0) is 9.53 Å². The molecule has 3 rings (SSSR count). The zero-order valence-electron chi connectivity index (χ0n) is 15.5. The van der Waals surface area contributed by atoms with Gasteiger partial charge in [0.05, 0.1) is 19.3 Å². The van der Waals surface area contributed by atoms with Crippen LogP contribution in [0.4, 0.5) is 11.4 Å². The van der Waals surface area contributed by atoms with Crippen LogP contribution in [0.1, 0.15) is 39.5 Å². The minimum atomic E-state index is -0.176. The van der Waals surface area contributed by atoms with Gasteiger partial charge in [-0.25, -0.2) is 0 Å². The summed E-state index contributed by atoms with van der Waals surface area (Å²) < 4.78 is 5.39. The molecule has 25 heavy (non-hydrogen) atoms. The van der Waals surface area contributed by atoms with Crippen molar-refractivity contribution >= 4 is 17.3 Å². The van der Waals surface area contributed by atoms with Crippen LogP contribution in [0.5, 0.6) is 0 Å². The lowest BCUT2D eigenvalue weighted by atomic mass is 9.85. The molecule has 1 heterocycles. The van der Waals surface area contributed by atoms with E-state index in [4.69, 9.17) is 4.74 Å². The number of carbonyl (C=O) groups is 1. The standard InChI is InChI=1S/C20H31N3O2/c1-15-5-3-4-6-19(15)21-16(2)20(24)22-17-7-9-18(10-8-17)23-11-13-25-14-12-23/h7-10,15-16,19,21H,3-6,11-14H2,1-2H3,(H,22,24). The summed E-state index contributed by atoms with van der Waals surface area (Å²) in [5, 5.41) is 6.55. The Labute approximate surface area is 151 Å². The average molecular weight is 345 g/mol. The van der Waals surface area contributed by atoms with Gasteiger partial charge in [0.25, 0.3) is 0 Å². The van der Waals surface area contributed by atoms with Gasteiger partial charge in [0.2, 0.25) is 5.91 Å². The number of carbonyl (C=O) groups excluding carboxylic acids is 1. The molecule has 1 aromatic carbocycles. The molecule has 0 radical (unpaired) electrons. The van der Waals surface area contributed by atoms with Crippen molar-refractivity contribution in [1.82, 2.24) is 5.32 Å². The van der Waals surface area contributed by atoms with Crippen molar-refractivity contribution in [2.24, 2.45) is 5.92 Å². The van der Waals surface area contributed by atoms with E-state index in [0.29, 0.717) is 12.0 Å². The maximum absolute atomic E-state index is 12.5. The maximum Gasteiger partial charge on any atom is 0.241 e. The Kier molecular flexibility index (Phi) is 6.32. The second-order valence-electron chi connectivity index (χ2n) is 7.39. The van der Waals surface area contributed by atoms with Crippen LogP contribution in [0.25, 0.3) is 0 Å². The number of nitrogens with zero attached hydrogens (tertiary/aromatic N) is 1.